The van der Waals surface area contributed by atoms with E-state index in [0.29, 0.717) is 25.5 Å². The molecule has 1 aromatic heterocycles. The normalized spacial score (nSPS) is 16.7. The van der Waals surface area contributed by atoms with Gasteiger partial charge in [0.1, 0.15) is 5.75 Å². The average Bonchev–Trinajstić information content (AvgIpc) is 3.13. The van der Waals surface area contributed by atoms with Crippen LogP contribution in [0.15, 0.2) is 12.1 Å². The summed E-state index contributed by atoms with van der Waals surface area (Å²) in [4.78, 5) is 1.45. The van der Waals surface area contributed by atoms with Crippen LogP contribution in [0.5, 0.6) is 5.75 Å². The first-order valence-corrected chi connectivity index (χ1v) is 7.85. The molecule has 0 amide bonds. The first kappa shape index (κ1) is 15.9. The molecule has 124 valence electrons. The van der Waals surface area contributed by atoms with Crippen LogP contribution >= 0.6 is 0 Å². The SMILES string of the molecule is CCCC1(Oc2c(C)cc(-c3nnn(C)n3)cc2C)OCCO1. The van der Waals surface area contributed by atoms with Gasteiger partial charge in [0, 0.05) is 12.0 Å². The maximum atomic E-state index is 6.15. The summed E-state index contributed by atoms with van der Waals surface area (Å²) in [7, 11) is 1.75. The van der Waals surface area contributed by atoms with Crippen molar-refractivity contribution in [1.82, 2.24) is 20.2 Å². The third kappa shape index (κ3) is 3.20. The van der Waals surface area contributed by atoms with E-state index in [1.165, 1.54) is 4.80 Å². The Balaban J connectivity index is 1.91. The van der Waals surface area contributed by atoms with E-state index in [1.54, 1.807) is 7.05 Å². The van der Waals surface area contributed by atoms with E-state index in [9.17, 15) is 0 Å². The van der Waals surface area contributed by atoms with Crippen molar-refractivity contribution in [2.45, 2.75) is 39.6 Å². The summed E-state index contributed by atoms with van der Waals surface area (Å²) >= 11 is 0. The van der Waals surface area contributed by atoms with Crippen molar-refractivity contribution in [3.8, 4) is 17.1 Å². The Kier molecular flexibility index (Phi) is 4.32. The van der Waals surface area contributed by atoms with Crippen LogP contribution in [0.3, 0.4) is 0 Å². The molecule has 0 spiro atoms. The fraction of sp³-hybridized carbons (Fsp3) is 0.562. The van der Waals surface area contributed by atoms with Crippen LogP contribution in [0.1, 0.15) is 30.9 Å². The van der Waals surface area contributed by atoms with Gasteiger partial charge in [-0.3, -0.25) is 0 Å². The summed E-state index contributed by atoms with van der Waals surface area (Å²) in [6, 6.07) is 3.99. The van der Waals surface area contributed by atoms with Gasteiger partial charge in [0.2, 0.25) is 5.82 Å². The zero-order valence-electron chi connectivity index (χ0n) is 14.0. The zero-order valence-corrected chi connectivity index (χ0v) is 14.0. The van der Waals surface area contributed by atoms with Gasteiger partial charge in [0.15, 0.2) is 0 Å². The maximum Gasteiger partial charge on any atom is 0.327 e. The van der Waals surface area contributed by atoms with Gasteiger partial charge in [-0.1, -0.05) is 6.92 Å². The highest BCUT2D eigenvalue weighted by Gasteiger charge is 2.39. The number of rotatable bonds is 5. The summed E-state index contributed by atoms with van der Waals surface area (Å²) < 4.78 is 17.6. The highest BCUT2D eigenvalue weighted by molar-refractivity contribution is 5.60. The summed E-state index contributed by atoms with van der Waals surface area (Å²) in [5.41, 5.74) is 2.89. The molecule has 23 heavy (non-hydrogen) atoms. The molecule has 1 aromatic carbocycles. The molecule has 3 rings (SSSR count). The van der Waals surface area contributed by atoms with E-state index in [4.69, 9.17) is 14.2 Å². The summed E-state index contributed by atoms with van der Waals surface area (Å²) in [6.45, 7) is 7.19. The Morgan fingerprint density at radius 2 is 1.87 bits per heavy atom. The second kappa shape index (κ2) is 6.25. The van der Waals surface area contributed by atoms with Gasteiger partial charge < -0.3 is 14.2 Å². The molecule has 2 aromatic rings. The molecule has 0 N–H and O–H groups in total. The molecule has 1 saturated heterocycles. The largest absolute Gasteiger partial charge is 0.438 e. The standard InChI is InChI=1S/C16H22N4O3/c1-5-6-16(21-7-8-22-16)23-14-11(2)9-13(10-12(14)3)15-17-19-20(4)18-15/h9-10H,5-8H2,1-4H3. The molecule has 1 fully saturated rings. The molecule has 0 unspecified atom stereocenters. The predicted molar refractivity (Wildman–Crippen MR) is 83.9 cm³/mol. The molecule has 0 radical (unpaired) electrons. The minimum absolute atomic E-state index is 0.555. The molecule has 1 aliphatic rings. The first-order valence-electron chi connectivity index (χ1n) is 7.85. The quantitative estimate of drug-likeness (QED) is 0.843. The van der Waals surface area contributed by atoms with Gasteiger partial charge in [-0.2, -0.15) is 4.80 Å². The summed E-state index contributed by atoms with van der Waals surface area (Å²) in [5, 5.41) is 12.2. The van der Waals surface area contributed by atoms with E-state index in [-0.39, 0.29) is 0 Å². The van der Waals surface area contributed by atoms with E-state index in [0.717, 1.165) is 28.9 Å². The number of benzene rings is 1. The van der Waals surface area contributed by atoms with Gasteiger partial charge in [0.05, 0.1) is 20.3 Å². The second-order valence-electron chi connectivity index (χ2n) is 5.77. The van der Waals surface area contributed by atoms with Crippen molar-refractivity contribution in [2.75, 3.05) is 13.2 Å². The molecular weight excluding hydrogens is 296 g/mol. The fourth-order valence-electron chi connectivity index (χ4n) is 2.79. The van der Waals surface area contributed by atoms with Crippen LogP contribution in [0.2, 0.25) is 0 Å². The van der Waals surface area contributed by atoms with Gasteiger partial charge in [-0.25, -0.2) is 0 Å². The molecule has 2 heterocycles. The lowest BCUT2D eigenvalue weighted by Crippen LogP contribution is -2.37. The monoisotopic (exact) mass is 318 g/mol. The number of hydrogen-bond donors (Lipinski definition) is 0. The fourth-order valence-corrected chi connectivity index (χ4v) is 2.79. The minimum atomic E-state index is -0.962. The highest BCUT2D eigenvalue weighted by Crippen LogP contribution is 2.35. The van der Waals surface area contributed by atoms with Crippen molar-refractivity contribution < 1.29 is 14.2 Å². The summed E-state index contributed by atoms with van der Waals surface area (Å²) in [6.07, 6.45) is 1.61. The number of aryl methyl sites for hydroxylation is 3. The number of ether oxygens (including phenoxy) is 3. The van der Waals surface area contributed by atoms with E-state index >= 15 is 0 Å². The van der Waals surface area contributed by atoms with Crippen molar-refractivity contribution in [2.24, 2.45) is 7.05 Å². The molecule has 0 saturated carbocycles. The van der Waals surface area contributed by atoms with Crippen molar-refractivity contribution >= 4 is 0 Å². The van der Waals surface area contributed by atoms with Gasteiger partial charge in [-0.05, 0) is 48.7 Å². The predicted octanol–water partition coefficient (Wildman–Crippen LogP) is 2.37. The lowest BCUT2D eigenvalue weighted by molar-refractivity contribution is -0.289. The number of hydrogen-bond acceptors (Lipinski definition) is 6. The van der Waals surface area contributed by atoms with E-state index in [1.807, 2.05) is 26.0 Å². The third-order valence-corrected chi connectivity index (χ3v) is 3.77. The van der Waals surface area contributed by atoms with E-state index in [2.05, 4.69) is 22.3 Å². The van der Waals surface area contributed by atoms with Crippen LogP contribution in [0.4, 0.5) is 0 Å². The smallest absolute Gasteiger partial charge is 0.327 e. The molecular formula is C16H22N4O3. The highest BCUT2D eigenvalue weighted by atomic mass is 16.9. The van der Waals surface area contributed by atoms with Gasteiger partial charge in [-0.15, -0.1) is 10.2 Å². The number of tetrazole rings is 1. The maximum absolute atomic E-state index is 6.15. The van der Waals surface area contributed by atoms with Crippen LogP contribution in [-0.2, 0) is 16.5 Å². The summed E-state index contributed by atoms with van der Waals surface area (Å²) in [5.74, 6) is 0.422. The molecule has 0 aliphatic carbocycles. The topological polar surface area (TPSA) is 71.3 Å². The van der Waals surface area contributed by atoms with Gasteiger partial charge >= 0.3 is 5.97 Å². The van der Waals surface area contributed by atoms with Crippen molar-refractivity contribution in [3.63, 3.8) is 0 Å². The molecule has 1 aliphatic heterocycles. The van der Waals surface area contributed by atoms with Crippen LogP contribution in [0.25, 0.3) is 11.4 Å². The Morgan fingerprint density at radius 1 is 1.22 bits per heavy atom. The average molecular weight is 318 g/mol. The second-order valence-corrected chi connectivity index (χ2v) is 5.77. The Hall–Kier alpha value is -1.99. The third-order valence-electron chi connectivity index (χ3n) is 3.77. The lowest BCUT2D eigenvalue weighted by atomic mass is 10.1. The Labute approximate surface area is 135 Å². The van der Waals surface area contributed by atoms with E-state index < -0.39 is 5.97 Å². The lowest BCUT2D eigenvalue weighted by Gasteiger charge is -2.29. The van der Waals surface area contributed by atoms with Crippen LogP contribution < -0.4 is 4.74 Å². The number of aromatic nitrogens is 4. The Bertz CT molecular complexity index is 669. The number of nitrogens with zero attached hydrogens (tertiary/aromatic N) is 4. The molecule has 0 bridgehead atoms. The van der Waals surface area contributed by atoms with Crippen LogP contribution in [-0.4, -0.2) is 39.4 Å². The molecule has 7 heteroatoms. The van der Waals surface area contributed by atoms with Crippen molar-refractivity contribution in [1.29, 1.82) is 0 Å². The van der Waals surface area contributed by atoms with Crippen LogP contribution in [0, 0.1) is 13.8 Å². The van der Waals surface area contributed by atoms with Crippen molar-refractivity contribution in [3.05, 3.63) is 23.3 Å². The zero-order chi connectivity index (χ0) is 16.4. The molecule has 7 nitrogen and oxygen atoms in total. The molecule has 0 atom stereocenters. The minimum Gasteiger partial charge on any atom is -0.438 e. The Morgan fingerprint density at radius 3 is 2.39 bits per heavy atom. The first-order chi connectivity index (χ1) is 11.0. The van der Waals surface area contributed by atoms with Gasteiger partial charge in [0.25, 0.3) is 0 Å².